The van der Waals surface area contributed by atoms with Crippen LogP contribution in [0.5, 0.6) is 0 Å². The van der Waals surface area contributed by atoms with Gasteiger partial charge in [-0.3, -0.25) is 0 Å². The van der Waals surface area contributed by atoms with Crippen molar-refractivity contribution in [3.63, 3.8) is 0 Å². The largest absolute Gasteiger partial charge is 0.205 e. The van der Waals surface area contributed by atoms with Gasteiger partial charge in [-0.15, -0.1) is 0 Å². The summed E-state index contributed by atoms with van der Waals surface area (Å²) in [6.07, 6.45) is 0.375. The van der Waals surface area contributed by atoms with Gasteiger partial charge in [-0.25, -0.2) is 13.2 Å². The van der Waals surface area contributed by atoms with Gasteiger partial charge < -0.3 is 0 Å². The first-order chi connectivity index (χ1) is 8.99. The van der Waals surface area contributed by atoms with E-state index in [-0.39, 0.29) is 9.85 Å². The normalized spacial score (nSPS) is 12.5. The lowest BCUT2D eigenvalue weighted by molar-refractivity contribution is 0.507. The van der Waals surface area contributed by atoms with Crippen LogP contribution in [0.15, 0.2) is 36.4 Å². The van der Waals surface area contributed by atoms with E-state index >= 15 is 0 Å². The first-order valence-electron chi connectivity index (χ1n) is 5.51. The molecule has 100 valence electrons. The Morgan fingerprint density at radius 3 is 2.42 bits per heavy atom. The van der Waals surface area contributed by atoms with E-state index in [9.17, 15) is 13.2 Å². The van der Waals surface area contributed by atoms with Gasteiger partial charge in [-0.1, -0.05) is 45.7 Å². The average molecular weight is 350 g/mol. The molecule has 0 radical (unpaired) electrons. The van der Waals surface area contributed by atoms with Gasteiger partial charge in [0.05, 0.1) is 5.02 Å². The van der Waals surface area contributed by atoms with E-state index < -0.39 is 17.5 Å². The Bertz CT molecular complexity index is 601. The summed E-state index contributed by atoms with van der Waals surface area (Å²) in [6, 6.07) is 8.18. The fourth-order valence-electron chi connectivity index (χ4n) is 1.75. The van der Waals surface area contributed by atoms with Crippen LogP contribution >= 0.6 is 27.5 Å². The molecule has 0 bridgehead atoms. The molecule has 2 rings (SSSR count). The molecule has 0 saturated carbocycles. The molecule has 0 aromatic heterocycles. The second-order valence-electron chi connectivity index (χ2n) is 4.06. The van der Waals surface area contributed by atoms with Crippen LogP contribution < -0.4 is 0 Å². The Labute approximate surface area is 122 Å². The zero-order valence-electron chi connectivity index (χ0n) is 9.64. The Balaban J connectivity index is 2.23. The molecule has 0 fully saturated rings. The number of halogens is 5. The van der Waals surface area contributed by atoms with Gasteiger partial charge in [0.25, 0.3) is 0 Å². The first kappa shape index (κ1) is 14.4. The van der Waals surface area contributed by atoms with Gasteiger partial charge in [0.2, 0.25) is 0 Å². The second kappa shape index (κ2) is 5.97. The van der Waals surface area contributed by atoms with Crippen LogP contribution in [0.25, 0.3) is 0 Å². The van der Waals surface area contributed by atoms with Crippen LogP contribution in [0.3, 0.4) is 0 Å². The number of alkyl halides is 1. The van der Waals surface area contributed by atoms with Gasteiger partial charge in [0.1, 0.15) is 5.82 Å². The summed E-state index contributed by atoms with van der Waals surface area (Å²) in [7, 11) is 0. The fourth-order valence-corrected chi connectivity index (χ4v) is 2.89. The topological polar surface area (TPSA) is 0 Å². The standard InChI is InChI=1S/C14H9BrClF3/c15-10(9-2-1-3-12(18)14(9)16)6-8-4-5-11(17)13(19)7-8/h1-5,7,10H,6H2. The maximum atomic E-state index is 13.3. The average Bonchev–Trinajstić information content (AvgIpc) is 2.37. The van der Waals surface area contributed by atoms with E-state index in [0.717, 1.165) is 12.1 Å². The molecular formula is C14H9BrClF3. The van der Waals surface area contributed by atoms with E-state index in [1.807, 2.05) is 0 Å². The Morgan fingerprint density at radius 2 is 1.74 bits per heavy atom. The summed E-state index contributed by atoms with van der Waals surface area (Å²) in [4.78, 5) is -0.277. The highest BCUT2D eigenvalue weighted by Crippen LogP contribution is 2.33. The van der Waals surface area contributed by atoms with Crippen molar-refractivity contribution in [2.75, 3.05) is 0 Å². The molecule has 0 aliphatic heterocycles. The molecule has 0 saturated heterocycles. The Hall–Kier alpha value is -1.00. The van der Waals surface area contributed by atoms with Crippen LogP contribution in [-0.4, -0.2) is 0 Å². The van der Waals surface area contributed by atoms with Crippen LogP contribution in [0, 0.1) is 17.5 Å². The van der Waals surface area contributed by atoms with Gasteiger partial charge >= 0.3 is 0 Å². The number of hydrogen-bond acceptors (Lipinski definition) is 0. The van der Waals surface area contributed by atoms with Crippen molar-refractivity contribution in [2.24, 2.45) is 0 Å². The molecule has 19 heavy (non-hydrogen) atoms. The Morgan fingerprint density at radius 1 is 1.00 bits per heavy atom. The lowest BCUT2D eigenvalue weighted by atomic mass is 10.0. The molecule has 0 N–H and O–H groups in total. The predicted molar refractivity (Wildman–Crippen MR) is 73.1 cm³/mol. The molecule has 2 aromatic carbocycles. The summed E-state index contributed by atoms with van der Waals surface area (Å²) in [5.74, 6) is -2.30. The van der Waals surface area contributed by atoms with Crippen LogP contribution in [0.4, 0.5) is 13.2 Å². The molecule has 2 aromatic rings. The maximum Gasteiger partial charge on any atom is 0.159 e. The highest BCUT2D eigenvalue weighted by molar-refractivity contribution is 9.09. The zero-order chi connectivity index (χ0) is 14.0. The van der Waals surface area contributed by atoms with E-state index in [4.69, 9.17) is 11.6 Å². The molecule has 0 amide bonds. The molecule has 1 unspecified atom stereocenters. The monoisotopic (exact) mass is 348 g/mol. The minimum Gasteiger partial charge on any atom is -0.205 e. The number of hydrogen-bond donors (Lipinski definition) is 0. The van der Waals surface area contributed by atoms with E-state index in [0.29, 0.717) is 17.5 Å². The van der Waals surface area contributed by atoms with Crippen molar-refractivity contribution in [1.29, 1.82) is 0 Å². The quantitative estimate of drug-likeness (QED) is 0.648. The van der Waals surface area contributed by atoms with Gasteiger partial charge in [0, 0.05) is 4.83 Å². The third-order valence-corrected chi connectivity index (χ3v) is 3.93. The van der Waals surface area contributed by atoms with Crippen LogP contribution in [-0.2, 0) is 6.42 Å². The third-order valence-electron chi connectivity index (χ3n) is 2.72. The number of rotatable bonds is 3. The van der Waals surface area contributed by atoms with Crippen LogP contribution in [0.1, 0.15) is 16.0 Å². The SMILES string of the molecule is Fc1ccc(CC(Br)c2cccc(F)c2Cl)cc1F. The van der Waals surface area contributed by atoms with Crippen molar-refractivity contribution in [3.8, 4) is 0 Å². The van der Waals surface area contributed by atoms with Gasteiger partial charge in [-0.2, -0.15) is 0 Å². The fraction of sp³-hybridized carbons (Fsp3) is 0.143. The molecule has 5 heteroatoms. The maximum absolute atomic E-state index is 13.3. The van der Waals surface area contributed by atoms with Crippen molar-refractivity contribution in [1.82, 2.24) is 0 Å². The van der Waals surface area contributed by atoms with Gasteiger partial charge in [-0.05, 0) is 35.7 Å². The first-order valence-corrected chi connectivity index (χ1v) is 6.80. The molecule has 0 aliphatic carbocycles. The van der Waals surface area contributed by atoms with E-state index in [2.05, 4.69) is 15.9 Å². The summed E-state index contributed by atoms with van der Waals surface area (Å²) in [5, 5.41) is 0.0342. The third kappa shape index (κ3) is 3.31. The molecular weight excluding hydrogens is 341 g/mol. The number of benzene rings is 2. The van der Waals surface area contributed by atoms with Crippen molar-refractivity contribution in [2.45, 2.75) is 11.2 Å². The summed E-state index contributed by atoms with van der Waals surface area (Å²) in [5.41, 5.74) is 1.17. The molecule has 0 heterocycles. The predicted octanol–water partition coefficient (Wildman–Crippen LogP) is 5.44. The van der Waals surface area contributed by atoms with E-state index in [1.165, 1.54) is 12.1 Å². The molecule has 1 atom stereocenters. The minimum absolute atomic E-state index is 0.0342. The smallest absolute Gasteiger partial charge is 0.159 e. The highest BCUT2D eigenvalue weighted by Gasteiger charge is 2.15. The zero-order valence-corrected chi connectivity index (χ0v) is 12.0. The second-order valence-corrected chi connectivity index (χ2v) is 5.55. The lowest BCUT2D eigenvalue weighted by Gasteiger charge is -2.12. The lowest BCUT2D eigenvalue weighted by Crippen LogP contribution is -1.99. The molecule has 0 aliphatic rings. The summed E-state index contributed by atoms with van der Waals surface area (Å²) < 4.78 is 39.3. The Kier molecular flexibility index (Phi) is 4.53. The highest BCUT2D eigenvalue weighted by atomic mass is 79.9. The van der Waals surface area contributed by atoms with Crippen molar-refractivity contribution in [3.05, 3.63) is 70.0 Å². The van der Waals surface area contributed by atoms with Crippen molar-refractivity contribution < 1.29 is 13.2 Å². The molecule has 0 nitrogen and oxygen atoms in total. The molecule has 0 spiro atoms. The van der Waals surface area contributed by atoms with Gasteiger partial charge in [0.15, 0.2) is 11.6 Å². The van der Waals surface area contributed by atoms with Crippen molar-refractivity contribution >= 4 is 27.5 Å². The summed E-state index contributed by atoms with van der Waals surface area (Å²) >= 11 is 9.26. The van der Waals surface area contributed by atoms with E-state index in [1.54, 1.807) is 12.1 Å². The van der Waals surface area contributed by atoms with Crippen LogP contribution in [0.2, 0.25) is 5.02 Å². The minimum atomic E-state index is -0.900. The summed E-state index contributed by atoms with van der Waals surface area (Å²) in [6.45, 7) is 0.